The molecule has 3 amide bonds. The van der Waals surface area contributed by atoms with Gasteiger partial charge in [-0.15, -0.1) is 0 Å². The van der Waals surface area contributed by atoms with Gasteiger partial charge in [-0.25, -0.2) is 9.69 Å². The number of thiazole rings is 1. The van der Waals surface area contributed by atoms with Crippen LogP contribution in [0.5, 0.6) is 0 Å². The summed E-state index contributed by atoms with van der Waals surface area (Å²) in [6.07, 6.45) is 0. The van der Waals surface area contributed by atoms with Crippen molar-refractivity contribution in [2.75, 3.05) is 16.8 Å². The van der Waals surface area contributed by atoms with E-state index in [4.69, 9.17) is 16.3 Å². The molecule has 46 heavy (non-hydrogen) atoms. The number of aromatic nitrogens is 1. The molecule has 3 heterocycles. The molecular weight excluding hydrogens is 656 g/mol. The molecule has 15 heteroatoms. The van der Waals surface area contributed by atoms with Gasteiger partial charge in [-0.3, -0.25) is 33.9 Å². The predicted octanol–water partition coefficient (Wildman–Crippen LogP) is 5.08. The summed E-state index contributed by atoms with van der Waals surface area (Å²) in [5, 5.41) is 13.8. The number of fused-ring (bicyclic) bond motifs is 2. The second-order valence-electron chi connectivity index (χ2n) is 10.3. The number of esters is 1. The summed E-state index contributed by atoms with van der Waals surface area (Å²) in [5.41, 5.74) is 1.39. The van der Waals surface area contributed by atoms with Crippen molar-refractivity contribution >= 4 is 75.5 Å². The monoisotopic (exact) mass is 678 g/mol. The first-order valence-electron chi connectivity index (χ1n) is 13.9. The van der Waals surface area contributed by atoms with Gasteiger partial charge in [0, 0.05) is 33.6 Å². The molecule has 0 radical (unpaired) electrons. The summed E-state index contributed by atoms with van der Waals surface area (Å²) in [6.45, 7) is 1.56. The van der Waals surface area contributed by atoms with Gasteiger partial charge in [0.05, 0.1) is 33.7 Å². The number of ether oxygens (including phenoxy) is 1. The van der Waals surface area contributed by atoms with Crippen LogP contribution < -0.4 is 15.1 Å². The number of anilines is 2. The maximum atomic E-state index is 14.0. The molecule has 1 aromatic heterocycles. The molecule has 1 fully saturated rings. The normalized spacial score (nSPS) is 18.6. The van der Waals surface area contributed by atoms with Crippen molar-refractivity contribution in [3.8, 4) is 0 Å². The average Bonchev–Trinajstić information content (AvgIpc) is 3.48. The third-order valence-corrected chi connectivity index (χ3v) is 10.4. The molecule has 0 aliphatic carbocycles. The van der Waals surface area contributed by atoms with E-state index >= 15 is 0 Å². The van der Waals surface area contributed by atoms with Crippen molar-refractivity contribution in [3.05, 3.63) is 114 Å². The molecule has 0 bridgehead atoms. The Bertz CT molecular complexity index is 1940. The minimum absolute atomic E-state index is 0.187. The first-order chi connectivity index (χ1) is 22.1. The topological polar surface area (TPSA) is 158 Å². The molecular formula is C31H23ClN4O8S2. The van der Waals surface area contributed by atoms with E-state index in [2.05, 4.69) is 5.32 Å². The highest BCUT2D eigenvalue weighted by Gasteiger charge is 2.56. The lowest BCUT2D eigenvalue weighted by molar-refractivity contribution is -0.384. The van der Waals surface area contributed by atoms with Crippen molar-refractivity contribution < 1.29 is 28.8 Å². The highest BCUT2D eigenvalue weighted by Crippen LogP contribution is 2.54. The van der Waals surface area contributed by atoms with Crippen LogP contribution in [0.25, 0.3) is 0 Å². The van der Waals surface area contributed by atoms with Crippen LogP contribution in [0, 0.1) is 16.0 Å². The molecule has 6 rings (SSSR count). The molecule has 3 atom stereocenters. The molecule has 0 saturated carbocycles. The van der Waals surface area contributed by atoms with Gasteiger partial charge in [-0.1, -0.05) is 46.8 Å². The van der Waals surface area contributed by atoms with Crippen LogP contribution in [0.2, 0.25) is 5.02 Å². The fraction of sp³-hybridized carbons (Fsp3) is 0.194. The van der Waals surface area contributed by atoms with E-state index in [1.54, 1.807) is 43.3 Å². The molecule has 2 aliphatic rings. The number of hydrogen-bond acceptors (Lipinski definition) is 10. The fourth-order valence-corrected chi connectivity index (χ4v) is 8.41. The molecule has 12 nitrogen and oxygen atoms in total. The number of nitrogens with one attached hydrogen (secondary N) is 1. The molecule has 4 aromatic rings. The Hall–Kier alpha value is -4.79. The maximum Gasteiger partial charge on any atom is 0.338 e. The Kier molecular flexibility index (Phi) is 8.51. The Morgan fingerprint density at radius 2 is 1.65 bits per heavy atom. The van der Waals surface area contributed by atoms with Crippen LogP contribution in [0.4, 0.5) is 17.1 Å². The summed E-state index contributed by atoms with van der Waals surface area (Å²) in [4.78, 5) is 77.9. The Morgan fingerprint density at radius 3 is 2.28 bits per heavy atom. The van der Waals surface area contributed by atoms with Gasteiger partial charge >= 0.3 is 10.8 Å². The number of rotatable bonds is 8. The zero-order chi connectivity index (χ0) is 32.7. The minimum Gasteiger partial charge on any atom is -0.462 e. The van der Waals surface area contributed by atoms with E-state index in [1.165, 1.54) is 41.0 Å². The van der Waals surface area contributed by atoms with Crippen molar-refractivity contribution in [2.24, 2.45) is 5.92 Å². The van der Waals surface area contributed by atoms with E-state index < -0.39 is 50.6 Å². The van der Waals surface area contributed by atoms with Gasteiger partial charge in [0.15, 0.2) is 0 Å². The smallest absolute Gasteiger partial charge is 0.338 e. The van der Waals surface area contributed by atoms with Gasteiger partial charge in [-0.05, 0) is 61.0 Å². The highest BCUT2D eigenvalue weighted by atomic mass is 35.5. The van der Waals surface area contributed by atoms with Crippen molar-refractivity contribution in [1.82, 2.24) is 4.57 Å². The Morgan fingerprint density at radius 1 is 0.978 bits per heavy atom. The summed E-state index contributed by atoms with van der Waals surface area (Å²) in [5.74, 6) is -3.63. The summed E-state index contributed by atoms with van der Waals surface area (Å²) in [6, 6.07) is 18.0. The summed E-state index contributed by atoms with van der Waals surface area (Å²) >= 11 is 8.09. The number of imide groups is 1. The first kappa shape index (κ1) is 31.2. The molecule has 1 saturated heterocycles. The van der Waals surface area contributed by atoms with E-state index in [9.17, 15) is 34.1 Å². The number of nitrogens with zero attached hydrogens (tertiary/aromatic N) is 3. The van der Waals surface area contributed by atoms with Crippen LogP contribution in [0.15, 0.2) is 82.6 Å². The molecule has 3 aromatic carbocycles. The van der Waals surface area contributed by atoms with Crippen molar-refractivity contribution in [3.63, 3.8) is 0 Å². The first-order valence-corrected chi connectivity index (χ1v) is 16.0. The number of nitro groups is 1. The molecule has 2 unspecified atom stereocenters. The van der Waals surface area contributed by atoms with Gasteiger partial charge in [0.2, 0.25) is 17.7 Å². The number of non-ortho nitro benzene ring substituents is 1. The minimum atomic E-state index is -0.936. The van der Waals surface area contributed by atoms with Crippen molar-refractivity contribution in [1.29, 1.82) is 0 Å². The standard InChI is InChI=1S/C31H23ClN4O8S2/c1-2-44-30(40)17-5-9-19(10-6-17)33-22(37)15-34-29-26(46-31(34)41)23(16-3-7-18(32)8-4-16)24-25(45-29)28(39)35(27(24)38)20-11-13-21(14-12-20)36(42)43/h3-14,23-25H,2,15H2,1H3,(H,33,37)/t23-,24?,25?/m0/s1. The van der Waals surface area contributed by atoms with Gasteiger partial charge < -0.3 is 10.1 Å². The number of halogens is 1. The van der Waals surface area contributed by atoms with Crippen LogP contribution in [-0.4, -0.2) is 45.0 Å². The number of nitro benzene ring substituents is 1. The van der Waals surface area contributed by atoms with Crippen LogP contribution in [0.1, 0.15) is 33.6 Å². The van der Waals surface area contributed by atoms with E-state index in [0.717, 1.165) is 28.0 Å². The molecule has 0 spiro atoms. The van der Waals surface area contributed by atoms with Gasteiger partial charge in [0.1, 0.15) is 11.8 Å². The van der Waals surface area contributed by atoms with Crippen LogP contribution in [0.3, 0.4) is 0 Å². The van der Waals surface area contributed by atoms with E-state index in [-0.39, 0.29) is 24.5 Å². The lowest BCUT2D eigenvalue weighted by atomic mass is 9.83. The summed E-state index contributed by atoms with van der Waals surface area (Å²) in [7, 11) is 0. The number of thioether (sulfide) groups is 1. The molecule has 1 N–H and O–H groups in total. The van der Waals surface area contributed by atoms with E-state index in [1.807, 2.05) is 0 Å². The predicted molar refractivity (Wildman–Crippen MR) is 172 cm³/mol. The lowest BCUT2D eigenvalue weighted by Gasteiger charge is -2.30. The third kappa shape index (κ3) is 5.70. The maximum absolute atomic E-state index is 14.0. The van der Waals surface area contributed by atoms with E-state index in [0.29, 0.717) is 31.7 Å². The number of carbonyl (C=O) groups is 4. The second kappa shape index (κ2) is 12.5. The number of carbonyl (C=O) groups excluding carboxylic acids is 4. The van der Waals surface area contributed by atoms with Crippen LogP contribution >= 0.6 is 34.7 Å². The number of hydrogen-bond donors (Lipinski definition) is 1. The van der Waals surface area contributed by atoms with Gasteiger partial charge in [0.25, 0.3) is 5.69 Å². The Labute approximate surface area is 274 Å². The SMILES string of the molecule is CCOC(=O)c1ccc(NC(=O)Cn2c3c(sc2=O)[C@@H](c2ccc(Cl)cc2)C2C(=O)N(c4ccc([N+](=O)[O-])cc4)C(=O)C2S3)cc1. The quantitative estimate of drug-likeness (QED) is 0.116. The molecule has 234 valence electrons. The highest BCUT2D eigenvalue weighted by molar-refractivity contribution is 8.00. The molecule has 2 aliphatic heterocycles. The van der Waals surface area contributed by atoms with Gasteiger partial charge in [-0.2, -0.15) is 0 Å². The zero-order valence-corrected chi connectivity index (χ0v) is 26.3. The third-order valence-electron chi connectivity index (χ3n) is 7.58. The average molecular weight is 679 g/mol. The number of benzene rings is 3. The van der Waals surface area contributed by atoms with Crippen LogP contribution in [-0.2, 0) is 25.7 Å². The largest absolute Gasteiger partial charge is 0.462 e. The number of amides is 3. The fourth-order valence-electron chi connectivity index (χ4n) is 5.51. The summed E-state index contributed by atoms with van der Waals surface area (Å²) < 4.78 is 6.27. The lowest BCUT2D eigenvalue weighted by Crippen LogP contribution is -2.33. The Balaban J connectivity index is 1.33. The van der Waals surface area contributed by atoms with Crippen molar-refractivity contribution in [2.45, 2.75) is 29.7 Å². The zero-order valence-electron chi connectivity index (χ0n) is 23.9. The second-order valence-corrected chi connectivity index (χ2v) is 12.9.